The van der Waals surface area contributed by atoms with Crippen molar-refractivity contribution >= 4 is 11.6 Å². The van der Waals surface area contributed by atoms with E-state index < -0.39 is 0 Å². The molecule has 1 aliphatic heterocycles. The minimum atomic E-state index is 0.0339. The summed E-state index contributed by atoms with van der Waals surface area (Å²) in [6.45, 7) is 0.476. The normalized spacial score (nSPS) is 15.3. The van der Waals surface area contributed by atoms with E-state index in [0.717, 1.165) is 28.9 Å². The third-order valence-electron chi connectivity index (χ3n) is 3.61. The molecule has 3 N–H and O–H groups in total. The van der Waals surface area contributed by atoms with E-state index in [4.69, 9.17) is 5.73 Å². The van der Waals surface area contributed by atoms with Crippen molar-refractivity contribution in [2.75, 3.05) is 11.9 Å². The highest BCUT2D eigenvalue weighted by Gasteiger charge is 2.19. The Kier molecular flexibility index (Phi) is 3.43. The SMILES string of the molecule is NCC(c1ccc2c(c1)CCC(=O)N2)c1cccnn1. The summed E-state index contributed by atoms with van der Waals surface area (Å²) in [6, 6.07) is 9.85. The minimum Gasteiger partial charge on any atom is -0.329 e. The molecule has 0 aliphatic carbocycles. The molecular formula is C15H16N4O. The summed E-state index contributed by atoms with van der Waals surface area (Å²) < 4.78 is 0. The highest BCUT2D eigenvalue weighted by atomic mass is 16.1. The Balaban J connectivity index is 1.95. The summed E-state index contributed by atoms with van der Waals surface area (Å²) in [7, 11) is 0. The molecule has 1 aromatic heterocycles. The molecule has 5 heteroatoms. The number of nitrogens with zero attached hydrogens (tertiary/aromatic N) is 2. The van der Waals surface area contributed by atoms with Crippen LogP contribution in [0.1, 0.15) is 29.2 Å². The van der Waals surface area contributed by atoms with Crippen LogP contribution in [0, 0.1) is 0 Å². The molecule has 3 rings (SSSR count). The number of anilines is 1. The van der Waals surface area contributed by atoms with E-state index in [1.807, 2.05) is 24.3 Å². The molecule has 0 saturated carbocycles. The summed E-state index contributed by atoms with van der Waals surface area (Å²) in [5, 5.41) is 11.0. The van der Waals surface area contributed by atoms with Gasteiger partial charge in [-0.3, -0.25) is 4.79 Å². The Morgan fingerprint density at radius 1 is 1.30 bits per heavy atom. The lowest BCUT2D eigenvalue weighted by Gasteiger charge is -2.20. The number of amides is 1. The fourth-order valence-corrected chi connectivity index (χ4v) is 2.55. The monoisotopic (exact) mass is 268 g/mol. The Hall–Kier alpha value is -2.27. The van der Waals surface area contributed by atoms with Gasteiger partial charge in [0.1, 0.15) is 0 Å². The quantitative estimate of drug-likeness (QED) is 0.883. The summed E-state index contributed by atoms with van der Waals surface area (Å²) in [5.41, 5.74) is 9.94. The van der Waals surface area contributed by atoms with E-state index in [9.17, 15) is 4.79 Å². The van der Waals surface area contributed by atoms with Crippen molar-refractivity contribution < 1.29 is 4.79 Å². The average molecular weight is 268 g/mol. The van der Waals surface area contributed by atoms with Gasteiger partial charge in [-0.25, -0.2) is 0 Å². The van der Waals surface area contributed by atoms with Gasteiger partial charge < -0.3 is 11.1 Å². The highest BCUT2D eigenvalue weighted by Crippen LogP contribution is 2.28. The number of fused-ring (bicyclic) bond motifs is 1. The number of hydrogen-bond acceptors (Lipinski definition) is 4. The maximum atomic E-state index is 11.4. The van der Waals surface area contributed by atoms with E-state index in [1.54, 1.807) is 6.20 Å². The molecule has 20 heavy (non-hydrogen) atoms. The molecule has 0 fully saturated rings. The van der Waals surface area contributed by atoms with Crippen molar-refractivity contribution in [3.05, 3.63) is 53.3 Å². The molecule has 5 nitrogen and oxygen atoms in total. The van der Waals surface area contributed by atoms with Gasteiger partial charge in [0, 0.05) is 30.8 Å². The van der Waals surface area contributed by atoms with Gasteiger partial charge in [0.25, 0.3) is 0 Å². The number of nitrogens with one attached hydrogen (secondary N) is 1. The predicted octanol–water partition coefficient (Wildman–Crippen LogP) is 1.45. The van der Waals surface area contributed by atoms with Gasteiger partial charge in [0.2, 0.25) is 5.91 Å². The Morgan fingerprint density at radius 2 is 2.20 bits per heavy atom. The fraction of sp³-hybridized carbons (Fsp3) is 0.267. The first kappa shape index (κ1) is 12.7. The van der Waals surface area contributed by atoms with E-state index >= 15 is 0 Å². The van der Waals surface area contributed by atoms with Gasteiger partial charge in [-0.1, -0.05) is 12.1 Å². The van der Waals surface area contributed by atoms with Crippen LogP contribution in [-0.4, -0.2) is 22.6 Å². The van der Waals surface area contributed by atoms with Gasteiger partial charge in [0.15, 0.2) is 0 Å². The van der Waals surface area contributed by atoms with Crippen LogP contribution in [-0.2, 0) is 11.2 Å². The molecule has 0 bridgehead atoms. The molecule has 1 unspecified atom stereocenters. The Morgan fingerprint density at radius 3 is 2.95 bits per heavy atom. The second-order valence-electron chi connectivity index (χ2n) is 4.90. The smallest absolute Gasteiger partial charge is 0.224 e. The highest BCUT2D eigenvalue weighted by molar-refractivity contribution is 5.93. The third kappa shape index (κ3) is 2.40. The maximum absolute atomic E-state index is 11.4. The molecule has 0 saturated heterocycles. The Labute approximate surface area is 117 Å². The van der Waals surface area contributed by atoms with Crippen LogP contribution in [0.2, 0.25) is 0 Å². The number of hydrogen-bond donors (Lipinski definition) is 2. The van der Waals surface area contributed by atoms with E-state index in [0.29, 0.717) is 13.0 Å². The van der Waals surface area contributed by atoms with Crippen molar-refractivity contribution in [1.29, 1.82) is 0 Å². The molecule has 102 valence electrons. The van der Waals surface area contributed by atoms with Gasteiger partial charge in [0.05, 0.1) is 5.69 Å². The summed E-state index contributed by atoms with van der Waals surface area (Å²) in [4.78, 5) is 11.4. The van der Waals surface area contributed by atoms with Crippen LogP contribution in [0.5, 0.6) is 0 Å². The van der Waals surface area contributed by atoms with Crippen molar-refractivity contribution in [3.63, 3.8) is 0 Å². The second kappa shape index (κ2) is 5.38. The molecule has 2 heterocycles. The molecular weight excluding hydrogens is 252 g/mol. The number of benzene rings is 1. The van der Waals surface area contributed by atoms with Gasteiger partial charge >= 0.3 is 0 Å². The van der Waals surface area contributed by atoms with Crippen molar-refractivity contribution in [3.8, 4) is 0 Å². The standard InChI is InChI=1S/C15H16N4O/c16-9-12(14-2-1-7-17-19-14)10-3-5-13-11(8-10)4-6-15(20)18-13/h1-3,5,7-8,12H,4,6,9,16H2,(H,18,20). The molecule has 1 amide bonds. The van der Waals surface area contributed by atoms with E-state index in [-0.39, 0.29) is 11.8 Å². The van der Waals surface area contributed by atoms with Gasteiger partial charge in [-0.15, -0.1) is 0 Å². The number of carbonyl (C=O) groups excluding carboxylic acids is 1. The number of nitrogens with two attached hydrogens (primary N) is 1. The second-order valence-corrected chi connectivity index (χ2v) is 4.90. The summed E-state index contributed by atoms with van der Waals surface area (Å²) in [6.07, 6.45) is 2.96. The summed E-state index contributed by atoms with van der Waals surface area (Å²) >= 11 is 0. The van der Waals surface area contributed by atoms with E-state index in [1.165, 1.54) is 0 Å². The number of rotatable bonds is 3. The first-order valence-corrected chi connectivity index (χ1v) is 6.68. The van der Waals surface area contributed by atoms with Crippen LogP contribution in [0.15, 0.2) is 36.5 Å². The molecule has 1 atom stereocenters. The fourth-order valence-electron chi connectivity index (χ4n) is 2.55. The lowest BCUT2D eigenvalue weighted by atomic mass is 9.91. The topological polar surface area (TPSA) is 80.9 Å². The van der Waals surface area contributed by atoms with Gasteiger partial charge in [-0.05, 0) is 35.7 Å². The van der Waals surface area contributed by atoms with Crippen LogP contribution in [0.25, 0.3) is 0 Å². The van der Waals surface area contributed by atoms with Crippen molar-refractivity contribution in [2.24, 2.45) is 5.73 Å². The lowest BCUT2D eigenvalue weighted by molar-refractivity contribution is -0.116. The molecule has 1 aromatic carbocycles. The van der Waals surface area contributed by atoms with Crippen LogP contribution in [0.3, 0.4) is 0 Å². The molecule has 1 aliphatic rings. The molecule has 0 radical (unpaired) electrons. The van der Waals surface area contributed by atoms with Crippen LogP contribution in [0.4, 0.5) is 5.69 Å². The predicted molar refractivity (Wildman–Crippen MR) is 76.3 cm³/mol. The zero-order valence-electron chi connectivity index (χ0n) is 11.0. The summed E-state index contributed by atoms with van der Waals surface area (Å²) in [5.74, 6) is 0.112. The first-order valence-electron chi connectivity index (χ1n) is 6.68. The molecule has 2 aromatic rings. The van der Waals surface area contributed by atoms with Gasteiger partial charge in [-0.2, -0.15) is 10.2 Å². The minimum absolute atomic E-state index is 0.0339. The van der Waals surface area contributed by atoms with Crippen LogP contribution >= 0.6 is 0 Å². The molecule has 0 spiro atoms. The number of aryl methyl sites for hydroxylation is 1. The Bertz CT molecular complexity index is 627. The maximum Gasteiger partial charge on any atom is 0.224 e. The van der Waals surface area contributed by atoms with E-state index in [2.05, 4.69) is 21.6 Å². The van der Waals surface area contributed by atoms with Crippen molar-refractivity contribution in [1.82, 2.24) is 10.2 Å². The van der Waals surface area contributed by atoms with Crippen LogP contribution < -0.4 is 11.1 Å². The zero-order valence-corrected chi connectivity index (χ0v) is 11.0. The first-order chi connectivity index (χ1) is 9.78. The average Bonchev–Trinajstić information content (AvgIpc) is 2.49. The number of aromatic nitrogens is 2. The zero-order chi connectivity index (χ0) is 13.9. The van der Waals surface area contributed by atoms with Crippen molar-refractivity contribution in [2.45, 2.75) is 18.8 Å². The third-order valence-corrected chi connectivity index (χ3v) is 3.61. The number of carbonyl (C=O) groups is 1. The lowest BCUT2D eigenvalue weighted by Crippen LogP contribution is -2.20. The largest absolute Gasteiger partial charge is 0.329 e.